The average Bonchev–Trinajstić information content (AvgIpc) is 3.01. The zero-order valence-corrected chi connectivity index (χ0v) is 12.1. The summed E-state index contributed by atoms with van der Waals surface area (Å²) in [6.45, 7) is 2.12. The molecule has 1 saturated heterocycles. The molecule has 1 aliphatic carbocycles. The molecule has 1 aliphatic heterocycles. The molecule has 1 aromatic carbocycles. The van der Waals surface area contributed by atoms with Gasteiger partial charge in [0.25, 0.3) is 0 Å². The van der Waals surface area contributed by atoms with Crippen LogP contribution >= 0.6 is 0 Å². The minimum absolute atomic E-state index is 0.0472. The summed E-state index contributed by atoms with van der Waals surface area (Å²) in [6.07, 6.45) is 3.06. The molecule has 1 heterocycles. The lowest BCUT2D eigenvalue weighted by atomic mass is 10.00. The van der Waals surface area contributed by atoms with Gasteiger partial charge >= 0.3 is 0 Å². The normalized spacial score (nSPS) is 27.8. The van der Waals surface area contributed by atoms with Crippen LogP contribution in [0.15, 0.2) is 24.3 Å². The van der Waals surface area contributed by atoms with Crippen molar-refractivity contribution in [3.8, 4) is 6.07 Å². The summed E-state index contributed by atoms with van der Waals surface area (Å²) >= 11 is 0. The molecule has 0 spiro atoms. The fraction of sp³-hybridized carbons (Fsp3) is 0.471. The van der Waals surface area contributed by atoms with Crippen LogP contribution in [0.2, 0.25) is 0 Å². The summed E-state index contributed by atoms with van der Waals surface area (Å²) in [5.74, 6) is 0.165. The fourth-order valence-corrected chi connectivity index (χ4v) is 3.57. The van der Waals surface area contributed by atoms with Gasteiger partial charge in [-0.05, 0) is 36.5 Å². The van der Waals surface area contributed by atoms with Gasteiger partial charge in [0, 0.05) is 0 Å². The zero-order valence-electron chi connectivity index (χ0n) is 12.1. The van der Waals surface area contributed by atoms with E-state index in [0.29, 0.717) is 18.0 Å². The lowest BCUT2D eigenvalue weighted by molar-refractivity contribution is -0.123. The Morgan fingerprint density at radius 2 is 1.71 bits per heavy atom. The lowest BCUT2D eigenvalue weighted by Gasteiger charge is -2.17. The molecule has 4 nitrogen and oxygen atoms in total. The van der Waals surface area contributed by atoms with Crippen molar-refractivity contribution in [1.29, 1.82) is 5.26 Å². The van der Waals surface area contributed by atoms with Gasteiger partial charge in [0.05, 0.1) is 30.0 Å². The van der Waals surface area contributed by atoms with Crippen molar-refractivity contribution in [3.63, 3.8) is 0 Å². The SMILES string of the molecule is CCC1CC2C(=O)N(c3ccc(CC#N)cc3)C(=O)C2C1. The third kappa shape index (κ3) is 2.23. The maximum absolute atomic E-state index is 12.5. The quantitative estimate of drug-likeness (QED) is 0.801. The predicted octanol–water partition coefficient (Wildman–Crippen LogP) is 2.68. The number of rotatable bonds is 3. The van der Waals surface area contributed by atoms with Crippen molar-refractivity contribution in [2.24, 2.45) is 17.8 Å². The molecule has 0 aromatic heterocycles. The van der Waals surface area contributed by atoms with Crippen LogP contribution in [-0.4, -0.2) is 11.8 Å². The molecule has 1 aromatic rings. The van der Waals surface area contributed by atoms with E-state index in [1.807, 2.05) is 12.1 Å². The largest absolute Gasteiger partial charge is 0.274 e. The molecule has 21 heavy (non-hydrogen) atoms. The molecule has 2 amide bonds. The van der Waals surface area contributed by atoms with Crippen LogP contribution in [0.1, 0.15) is 31.7 Å². The van der Waals surface area contributed by atoms with Crippen molar-refractivity contribution in [1.82, 2.24) is 0 Å². The Morgan fingerprint density at radius 1 is 1.14 bits per heavy atom. The molecule has 4 heteroatoms. The van der Waals surface area contributed by atoms with E-state index in [0.717, 1.165) is 24.8 Å². The van der Waals surface area contributed by atoms with Crippen molar-refractivity contribution in [2.75, 3.05) is 4.90 Å². The van der Waals surface area contributed by atoms with Gasteiger partial charge in [0.1, 0.15) is 0 Å². The number of carbonyl (C=O) groups excluding carboxylic acids is 2. The molecule has 2 atom stereocenters. The number of nitriles is 1. The molecule has 0 bridgehead atoms. The first-order chi connectivity index (χ1) is 10.2. The van der Waals surface area contributed by atoms with E-state index in [1.165, 1.54) is 4.90 Å². The van der Waals surface area contributed by atoms with Crippen molar-refractivity contribution < 1.29 is 9.59 Å². The van der Waals surface area contributed by atoms with E-state index >= 15 is 0 Å². The van der Waals surface area contributed by atoms with Crippen LogP contribution in [0.4, 0.5) is 5.69 Å². The number of carbonyl (C=O) groups is 2. The molecular formula is C17H18N2O2. The summed E-state index contributed by atoms with van der Waals surface area (Å²) in [5, 5.41) is 8.67. The number of fused-ring (bicyclic) bond motifs is 1. The summed E-state index contributed by atoms with van der Waals surface area (Å²) in [7, 11) is 0. The fourth-order valence-electron chi connectivity index (χ4n) is 3.57. The number of anilines is 1. The second-order valence-corrected chi connectivity index (χ2v) is 5.97. The first-order valence-electron chi connectivity index (χ1n) is 7.49. The summed E-state index contributed by atoms with van der Waals surface area (Å²) in [4.78, 5) is 26.4. The summed E-state index contributed by atoms with van der Waals surface area (Å²) in [6, 6.07) is 9.23. The maximum atomic E-state index is 12.5. The molecule has 108 valence electrons. The standard InChI is InChI=1S/C17H18N2O2/c1-2-11-9-14-15(10-11)17(21)19(16(14)20)13-5-3-12(4-6-13)7-8-18/h3-6,11,14-15H,2,7,9-10H2,1H3. The van der Waals surface area contributed by atoms with Crippen molar-refractivity contribution in [3.05, 3.63) is 29.8 Å². The number of imide groups is 1. The van der Waals surface area contributed by atoms with Crippen LogP contribution in [0.3, 0.4) is 0 Å². The van der Waals surface area contributed by atoms with Gasteiger partial charge in [-0.3, -0.25) is 14.5 Å². The van der Waals surface area contributed by atoms with Gasteiger partial charge in [-0.1, -0.05) is 25.5 Å². The Hall–Kier alpha value is -2.15. The Labute approximate surface area is 124 Å². The van der Waals surface area contributed by atoms with Gasteiger partial charge in [0.2, 0.25) is 11.8 Å². The number of hydrogen-bond acceptors (Lipinski definition) is 3. The highest BCUT2D eigenvalue weighted by atomic mass is 16.2. The Balaban J connectivity index is 1.83. The molecule has 2 fully saturated rings. The lowest BCUT2D eigenvalue weighted by Crippen LogP contribution is -2.32. The topological polar surface area (TPSA) is 61.2 Å². The molecule has 0 N–H and O–H groups in total. The predicted molar refractivity (Wildman–Crippen MR) is 78.2 cm³/mol. The van der Waals surface area contributed by atoms with Crippen molar-refractivity contribution >= 4 is 17.5 Å². The van der Waals surface area contributed by atoms with Crippen LogP contribution in [0.25, 0.3) is 0 Å². The molecule has 0 radical (unpaired) electrons. The Bertz CT molecular complexity index is 591. The van der Waals surface area contributed by atoms with E-state index in [1.54, 1.807) is 12.1 Å². The average molecular weight is 282 g/mol. The number of benzene rings is 1. The molecule has 2 aliphatic rings. The van der Waals surface area contributed by atoms with E-state index < -0.39 is 0 Å². The molecule has 1 saturated carbocycles. The molecule has 2 unspecified atom stereocenters. The van der Waals surface area contributed by atoms with E-state index in [9.17, 15) is 9.59 Å². The minimum Gasteiger partial charge on any atom is -0.274 e. The third-order valence-electron chi connectivity index (χ3n) is 4.79. The Kier molecular flexibility index (Phi) is 3.50. The number of amides is 2. The van der Waals surface area contributed by atoms with Crippen LogP contribution in [0, 0.1) is 29.1 Å². The first kappa shape index (κ1) is 13.8. The molecule has 3 rings (SSSR count). The zero-order chi connectivity index (χ0) is 15.0. The van der Waals surface area contributed by atoms with Crippen LogP contribution < -0.4 is 4.90 Å². The maximum Gasteiger partial charge on any atom is 0.237 e. The number of hydrogen-bond donors (Lipinski definition) is 0. The second kappa shape index (κ2) is 5.33. The first-order valence-corrected chi connectivity index (χ1v) is 7.49. The van der Waals surface area contributed by atoms with E-state index in [2.05, 4.69) is 13.0 Å². The highest BCUT2D eigenvalue weighted by Gasteiger charge is 2.52. The van der Waals surface area contributed by atoms with Crippen LogP contribution in [0.5, 0.6) is 0 Å². The van der Waals surface area contributed by atoms with Gasteiger partial charge in [0.15, 0.2) is 0 Å². The molecular weight excluding hydrogens is 264 g/mol. The van der Waals surface area contributed by atoms with E-state index in [-0.39, 0.29) is 23.7 Å². The summed E-state index contributed by atoms with van der Waals surface area (Å²) < 4.78 is 0. The van der Waals surface area contributed by atoms with Gasteiger partial charge in [-0.2, -0.15) is 5.26 Å². The summed E-state index contributed by atoms with van der Waals surface area (Å²) in [5.41, 5.74) is 1.53. The monoisotopic (exact) mass is 282 g/mol. The smallest absolute Gasteiger partial charge is 0.237 e. The number of nitrogens with zero attached hydrogens (tertiary/aromatic N) is 2. The highest BCUT2D eigenvalue weighted by molar-refractivity contribution is 6.22. The van der Waals surface area contributed by atoms with Gasteiger partial charge < -0.3 is 0 Å². The Morgan fingerprint density at radius 3 is 2.19 bits per heavy atom. The highest BCUT2D eigenvalue weighted by Crippen LogP contribution is 2.45. The van der Waals surface area contributed by atoms with Crippen LogP contribution in [-0.2, 0) is 16.0 Å². The van der Waals surface area contributed by atoms with E-state index in [4.69, 9.17) is 5.26 Å². The van der Waals surface area contributed by atoms with Crippen molar-refractivity contribution in [2.45, 2.75) is 32.6 Å². The second-order valence-electron chi connectivity index (χ2n) is 5.97. The van der Waals surface area contributed by atoms with Gasteiger partial charge in [-0.15, -0.1) is 0 Å². The van der Waals surface area contributed by atoms with Gasteiger partial charge in [-0.25, -0.2) is 0 Å². The minimum atomic E-state index is -0.124. The third-order valence-corrected chi connectivity index (χ3v) is 4.79.